The largest absolute Gasteiger partial charge is 0.320 e. The minimum Gasteiger partial charge on any atom is -0.320 e. The molecule has 0 spiro atoms. The van der Waals surface area contributed by atoms with E-state index >= 15 is 0 Å². The molecule has 1 atom stereocenters. The fourth-order valence-corrected chi connectivity index (χ4v) is 2.27. The summed E-state index contributed by atoms with van der Waals surface area (Å²) in [5, 5.41) is 0.350. The van der Waals surface area contributed by atoms with Crippen molar-refractivity contribution in [2.75, 3.05) is 0 Å². The van der Waals surface area contributed by atoms with Crippen molar-refractivity contribution in [3.8, 4) is 0 Å². The van der Waals surface area contributed by atoms with E-state index in [-0.39, 0.29) is 0 Å². The molecule has 0 aliphatic rings. The van der Waals surface area contributed by atoms with Gasteiger partial charge in [-0.2, -0.15) is 0 Å². The van der Waals surface area contributed by atoms with Crippen molar-refractivity contribution in [1.29, 1.82) is 0 Å². The average molecular weight is 288 g/mol. The van der Waals surface area contributed by atoms with E-state index in [0.717, 1.165) is 16.6 Å². The molecule has 1 heterocycles. The van der Waals surface area contributed by atoms with Gasteiger partial charge in [-0.25, -0.2) is 4.39 Å². The molecule has 3 nitrogen and oxygen atoms in total. The van der Waals surface area contributed by atoms with Crippen LogP contribution in [-0.2, 0) is 0 Å². The van der Waals surface area contributed by atoms with Crippen molar-refractivity contribution in [1.82, 2.24) is 9.97 Å². The number of hydrogen-bond acceptors (Lipinski definition) is 3. The van der Waals surface area contributed by atoms with Gasteiger partial charge in [-0.05, 0) is 29.8 Å². The van der Waals surface area contributed by atoms with Gasteiger partial charge in [0.2, 0.25) is 0 Å². The Bertz CT molecular complexity index is 776. The minimum atomic E-state index is -0.571. The third-order valence-corrected chi connectivity index (χ3v) is 3.39. The van der Waals surface area contributed by atoms with Crippen molar-refractivity contribution in [3.63, 3.8) is 0 Å². The van der Waals surface area contributed by atoms with E-state index in [0.29, 0.717) is 10.6 Å². The molecule has 0 aliphatic carbocycles. The average Bonchev–Trinajstić information content (AvgIpc) is 2.46. The zero-order valence-electron chi connectivity index (χ0n) is 10.4. The molecule has 0 aliphatic heterocycles. The molecule has 3 aromatic rings. The SMILES string of the molecule is NC(c1ccc2nccnc2c1)c1ccc(Cl)cc1F. The van der Waals surface area contributed by atoms with E-state index in [1.54, 1.807) is 24.5 Å². The second-order valence-corrected chi connectivity index (χ2v) is 4.88. The summed E-state index contributed by atoms with van der Waals surface area (Å²) in [4.78, 5) is 8.41. The van der Waals surface area contributed by atoms with Gasteiger partial charge in [0, 0.05) is 23.0 Å². The van der Waals surface area contributed by atoms with Gasteiger partial charge in [-0.1, -0.05) is 23.7 Å². The topological polar surface area (TPSA) is 51.8 Å². The van der Waals surface area contributed by atoms with Gasteiger partial charge in [0.1, 0.15) is 5.82 Å². The zero-order chi connectivity index (χ0) is 14.1. The van der Waals surface area contributed by atoms with Crippen LogP contribution >= 0.6 is 11.6 Å². The summed E-state index contributed by atoms with van der Waals surface area (Å²) in [6, 6.07) is 9.39. The Morgan fingerprint density at radius 3 is 2.50 bits per heavy atom. The molecular formula is C15H11ClFN3. The lowest BCUT2D eigenvalue weighted by molar-refractivity contribution is 0.600. The summed E-state index contributed by atoms with van der Waals surface area (Å²) in [6.07, 6.45) is 3.24. The summed E-state index contributed by atoms with van der Waals surface area (Å²) in [7, 11) is 0. The Labute approximate surface area is 120 Å². The van der Waals surface area contributed by atoms with Gasteiger partial charge in [0.15, 0.2) is 0 Å². The Kier molecular flexibility index (Phi) is 3.34. The second kappa shape index (κ2) is 5.15. The molecule has 0 fully saturated rings. The maximum atomic E-state index is 13.9. The van der Waals surface area contributed by atoms with E-state index in [2.05, 4.69) is 9.97 Å². The van der Waals surface area contributed by atoms with Gasteiger partial charge in [0.05, 0.1) is 17.1 Å². The van der Waals surface area contributed by atoms with Gasteiger partial charge >= 0.3 is 0 Å². The van der Waals surface area contributed by atoms with Crippen molar-refractivity contribution in [2.45, 2.75) is 6.04 Å². The van der Waals surface area contributed by atoms with Crippen LogP contribution in [0.4, 0.5) is 4.39 Å². The first kappa shape index (κ1) is 13.0. The minimum absolute atomic E-state index is 0.350. The quantitative estimate of drug-likeness (QED) is 0.785. The number of fused-ring (bicyclic) bond motifs is 1. The second-order valence-electron chi connectivity index (χ2n) is 4.45. The number of nitrogens with two attached hydrogens (primary N) is 1. The van der Waals surface area contributed by atoms with Crippen LogP contribution in [-0.4, -0.2) is 9.97 Å². The summed E-state index contributed by atoms with van der Waals surface area (Å²) in [6.45, 7) is 0. The van der Waals surface area contributed by atoms with Crippen LogP contribution in [0.1, 0.15) is 17.2 Å². The number of aromatic nitrogens is 2. The lowest BCUT2D eigenvalue weighted by atomic mass is 9.98. The fourth-order valence-electron chi connectivity index (χ4n) is 2.11. The molecule has 3 rings (SSSR count). The highest BCUT2D eigenvalue weighted by molar-refractivity contribution is 6.30. The Morgan fingerprint density at radius 2 is 1.75 bits per heavy atom. The van der Waals surface area contributed by atoms with Crippen molar-refractivity contribution >= 4 is 22.6 Å². The highest BCUT2D eigenvalue weighted by Crippen LogP contribution is 2.25. The first-order valence-corrected chi connectivity index (χ1v) is 6.44. The highest BCUT2D eigenvalue weighted by atomic mass is 35.5. The predicted molar refractivity (Wildman–Crippen MR) is 77.0 cm³/mol. The molecule has 1 aromatic heterocycles. The molecule has 0 amide bonds. The van der Waals surface area contributed by atoms with E-state index in [1.165, 1.54) is 6.07 Å². The van der Waals surface area contributed by atoms with Crippen LogP contribution in [0.25, 0.3) is 11.0 Å². The fraction of sp³-hybridized carbons (Fsp3) is 0.0667. The number of rotatable bonds is 2. The molecule has 0 saturated heterocycles. The van der Waals surface area contributed by atoms with Gasteiger partial charge in [-0.15, -0.1) is 0 Å². The van der Waals surface area contributed by atoms with Crippen LogP contribution in [0.15, 0.2) is 48.8 Å². The molecule has 0 bridgehead atoms. The monoisotopic (exact) mass is 287 g/mol. The summed E-state index contributed by atoms with van der Waals surface area (Å²) in [5.41, 5.74) is 8.81. The smallest absolute Gasteiger partial charge is 0.129 e. The van der Waals surface area contributed by atoms with Gasteiger partial charge < -0.3 is 5.73 Å². The van der Waals surface area contributed by atoms with Gasteiger partial charge in [-0.3, -0.25) is 9.97 Å². The molecular weight excluding hydrogens is 277 g/mol. The van der Waals surface area contributed by atoms with E-state index in [9.17, 15) is 4.39 Å². The molecule has 0 radical (unpaired) electrons. The Balaban J connectivity index is 2.05. The van der Waals surface area contributed by atoms with Crippen molar-refractivity contribution < 1.29 is 4.39 Å². The summed E-state index contributed by atoms with van der Waals surface area (Å²) in [5.74, 6) is -0.413. The van der Waals surface area contributed by atoms with Crippen molar-refractivity contribution in [3.05, 3.63) is 70.8 Å². The normalized spacial score (nSPS) is 12.6. The highest BCUT2D eigenvalue weighted by Gasteiger charge is 2.14. The van der Waals surface area contributed by atoms with E-state index in [4.69, 9.17) is 17.3 Å². The summed E-state index contributed by atoms with van der Waals surface area (Å²) >= 11 is 5.75. The number of benzene rings is 2. The maximum absolute atomic E-state index is 13.9. The van der Waals surface area contributed by atoms with E-state index in [1.807, 2.05) is 18.2 Å². The third-order valence-electron chi connectivity index (χ3n) is 3.15. The first-order chi connectivity index (χ1) is 9.65. The standard InChI is InChI=1S/C15H11ClFN3/c16-10-2-3-11(12(17)8-10)15(18)9-1-4-13-14(7-9)20-6-5-19-13/h1-8,15H,18H2. The predicted octanol–water partition coefficient (Wildman–Crippen LogP) is 3.47. The van der Waals surface area contributed by atoms with Crippen LogP contribution in [0.3, 0.4) is 0 Å². The van der Waals surface area contributed by atoms with Crippen molar-refractivity contribution in [2.24, 2.45) is 5.73 Å². The third kappa shape index (κ3) is 2.35. The number of nitrogens with zero attached hydrogens (tertiary/aromatic N) is 2. The zero-order valence-corrected chi connectivity index (χ0v) is 11.2. The van der Waals surface area contributed by atoms with Crippen LogP contribution in [0, 0.1) is 5.82 Å². The molecule has 100 valence electrons. The lowest BCUT2D eigenvalue weighted by Gasteiger charge is -2.14. The maximum Gasteiger partial charge on any atom is 0.129 e. The Morgan fingerprint density at radius 1 is 1.00 bits per heavy atom. The molecule has 2 aromatic carbocycles. The molecule has 20 heavy (non-hydrogen) atoms. The van der Waals surface area contributed by atoms with Crippen LogP contribution in [0.5, 0.6) is 0 Å². The number of halogens is 2. The number of hydrogen-bond donors (Lipinski definition) is 1. The van der Waals surface area contributed by atoms with Crippen LogP contribution in [0.2, 0.25) is 5.02 Å². The molecule has 2 N–H and O–H groups in total. The van der Waals surface area contributed by atoms with Gasteiger partial charge in [0.25, 0.3) is 0 Å². The van der Waals surface area contributed by atoms with Crippen LogP contribution < -0.4 is 5.73 Å². The summed E-state index contributed by atoms with van der Waals surface area (Å²) < 4.78 is 13.9. The lowest BCUT2D eigenvalue weighted by Crippen LogP contribution is -2.13. The molecule has 0 saturated carbocycles. The molecule has 5 heteroatoms. The first-order valence-electron chi connectivity index (χ1n) is 6.06. The van der Waals surface area contributed by atoms with E-state index < -0.39 is 11.9 Å². The molecule has 1 unspecified atom stereocenters. The Hall–Kier alpha value is -2.04.